The number of carbonyl (C=O) groups is 4. The molecule has 0 aliphatic carbocycles. The molecule has 4 atom stereocenters. The molecule has 4 amide bonds. The molecule has 46 heavy (non-hydrogen) atoms. The van der Waals surface area contributed by atoms with Crippen molar-refractivity contribution in [3.63, 3.8) is 0 Å². The van der Waals surface area contributed by atoms with Crippen molar-refractivity contribution < 1.29 is 32.8 Å². The van der Waals surface area contributed by atoms with E-state index in [9.17, 15) is 23.7 Å². The van der Waals surface area contributed by atoms with Gasteiger partial charge in [0, 0.05) is 6.42 Å². The molecule has 3 rings (SSSR count). The van der Waals surface area contributed by atoms with Gasteiger partial charge in [-0.3, -0.25) is 19.2 Å². The monoisotopic (exact) mass is 651 g/mol. The summed E-state index contributed by atoms with van der Waals surface area (Å²) in [6.07, 6.45) is 6.58. The van der Waals surface area contributed by atoms with Gasteiger partial charge in [0.2, 0.25) is 17.7 Å². The van der Waals surface area contributed by atoms with Crippen molar-refractivity contribution in [2.45, 2.75) is 64.4 Å². The molecule has 3 aromatic rings. The summed E-state index contributed by atoms with van der Waals surface area (Å²) in [4.78, 5) is 50.3. The number of hydrogen-bond donors (Lipinski definition) is 4. The summed E-state index contributed by atoms with van der Waals surface area (Å²) in [5.41, 5.74) is 5.09. The van der Waals surface area contributed by atoms with Crippen molar-refractivity contribution >= 4 is 31.2 Å². The van der Waals surface area contributed by atoms with Crippen LogP contribution in [-0.4, -0.2) is 56.5 Å². The maximum atomic E-state index is 14.4. The number of benzene rings is 2. The summed E-state index contributed by atoms with van der Waals surface area (Å²) in [6.45, 7) is 6.69. The number of nitrogens with two attached hydrogens (primary N) is 1. The minimum atomic E-state index is -4.10. The Morgan fingerprint density at radius 2 is 1.48 bits per heavy atom. The van der Waals surface area contributed by atoms with E-state index in [1.165, 1.54) is 20.0 Å². The standard InChI is InChI=1S/C31H38N7O7P/c1-6-13-25(28(32)39)34-29(40)21(4)33-30(41)22(5)38-19-26(36-37-38)31(42)35-27(18-20(2)3)46(43,44-23-14-9-7-10-15-23)45-24-16-11-8-12-17-24/h1,7-12,14-17,19-22,25,27H,13,18H2,2-5H3,(H2,32,39)(H,33,41)(H,34,40)(H,35,42)/t21-,22-,25-,27?/m1/s1. The number of aromatic nitrogens is 3. The van der Waals surface area contributed by atoms with Gasteiger partial charge in [-0.25, -0.2) is 9.25 Å². The van der Waals surface area contributed by atoms with Crippen molar-refractivity contribution in [3.8, 4) is 23.8 Å². The van der Waals surface area contributed by atoms with Crippen molar-refractivity contribution in [1.29, 1.82) is 0 Å². The van der Waals surface area contributed by atoms with Crippen LogP contribution in [0.5, 0.6) is 11.5 Å². The average molecular weight is 652 g/mol. The van der Waals surface area contributed by atoms with Crippen LogP contribution in [0.1, 0.15) is 57.1 Å². The molecule has 0 aliphatic heterocycles. The van der Waals surface area contributed by atoms with Crippen molar-refractivity contribution in [2.24, 2.45) is 11.7 Å². The predicted octanol–water partition coefficient (Wildman–Crippen LogP) is 2.79. The Kier molecular flexibility index (Phi) is 12.5. The lowest BCUT2D eigenvalue weighted by Crippen LogP contribution is -2.52. The zero-order valence-corrected chi connectivity index (χ0v) is 26.8. The molecular formula is C31H38N7O7P. The highest BCUT2D eigenvalue weighted by atomic mass is 31.2. The molecule has 1 unspecified atom stereocenters. The van der Waals surface area contributed by atoms with Crippen LogP contribution < -0.4 is 30.7 Å². The molecule has 0 saturated carbocycles. The van der Waals surface area contributed by atoms with E-state index in [1.54, 1.807) is 60.7 Å². The van der Waals surface area contributed by atoms with Crippen molar-refractivity contribution in [2.75, 3.05) is 0 Å². The van der Waals surface area contributed by atoms with Crippen LogP contribution in [0.2, 0.25) is 0 Å². The van der Waals surface area contributed by atoms with Crippen LogP contribution in [-0.2, 0) is 18.9 Å². The number of nitrogens with one attached hydrogen (secondary N) is 3. The van der Waals surface area contributed by atoms with E-state index in [-0.39, 0.29) is 24.5 Å². The summed E-state index contributed by atoms with van der Waals surface area (Å²) in [7, 11) is -4.10. The average Bonchev–Trinajstić information content (AvgIpc) is 3.51. The molecule has 1 heterocycles. The van der Waals surface area contributed by atoms with E-state index < -0.39 is 55.1 Å². The zero-order chi connectivity index (χ0) is 33.9. The number of amides is 4. The molecule has 0 aliphatic rings. The van der Waals surface area contributed by atoms with Gasteiger partial charge >= 0.3 is 7.60 Å². The fraction of sp³-hybridized carbons (Fsp3) is 0.355. The van der Waals surface area contributed by atoms with Gasteiger partial charge in [-0.1, -0.05) is 55.5 Å². The van der Waals surface area contributed by atoms with Crippen LogP contribution >= 0.6 is 7.60 Å². The van der Waals surface area contributed by atoms with Gasteiger partial charge in [0.25, 0.3) is 5.91 Å². The van der Waals surface area contributed by atoms with Gasteiger partial charge in [0.1, 0.15) is 29.6 Å². The summed E-state index contributed by atoms with van der Waals surface area (Å²) in [6, 6.07) is 13.8. The van der Waals surface area contributed by atoms with E-state index in [0.717, 1.165) is 4.68 Å². The lowest BCUT2D eigenvalue weighted by Gasteiger charge is -2.29. The quantitative estimate of drug-likeness (QED) is 0.133. The number of rotatable bonds is 16. The Morgan fingerprint density at radius 1 is 0.913 bits per heavy atom. The lowest BCUT2D eigenvalue weighted by atomic mass is 10.1. The first-order chi connectivity index (χ1) is 21.8. The van der Waals surface area contributed by atoms with Gasteiger partial charge in [0.15, 0.2) is 11.5 Å². The molecule has 244 valence electrons. The first-order valence-electron chi connectivity index (χ1n) is 14.5. The second kappa shape index (κ2) is 16.2. The summed E-state index contributed by atoms with van der Waals surface area (Å²) >= 11 is 0. The Hall–Kier alpha value is -5.15. The zero-order valence-electron chi connectivity index (χ0n) is 26.0. The van der Waals surface area contributed by atoms with Crippen molar-refractivity contribution in [1.82, 2.24) is 30.9 Å². The predicted molar refractivity (Wildman–Crippen MR) is 169 cm³/mol. The third-order valence-electron chi connectivity index (χ3n) is 6.58. The smallest absolute Gasteiger partial charge is 0.415 e. The number of hydrogen-bond acceptors (Lipinski definition) is 9. The Labute approximate surface area is 267 Å². The van der Waals surface area contributed by atoms with E-state index in [4.69, 9.17) is 21.2 Å². The molecule has 0 fully saturated rings. The van der Waals surface area contributed by atoms with E-state index in [1.807, 2.05) is 13.8 Å². The molecule has 0 radical (unpaired) electrons. The van der Waals surface area contributed by atoms with Gasteiger partial charge in [-0.05, 0) is 50.5 Å². The normalized spacial score (nSPS) is 13.7. The molecule has 15 heteroatoms. The first-order valence-corrected chi connectivity index (χ1v) is 16.1. The lowest BCUT2D eigenvalue weighted by molar-refractivity contribution is -0.131. The SMILES string of the molecule is C#CC[C@@H](NC(=O)[C@@H](C)NC(=O)[C@@H](C)n1cc(C(=O)NC(CC(C)C)P(=O)(Oc2ccccc2)Oc2ccccc2)nn1)C(N)=O. The number of terminal acetylenes is 1. The molecule has 2 aromatic carbocycles. The second-order valence-electron chi connectivity index (χ2n) is 10.8. The van der Waals surface area contributed by atoms with Gasteiger partial charge in [-0.2, -0.15) is 0 Å². The minimum Gasteiger partial charge on any atom is -0.415 e. The van der Waals surface area contributed by atoms with Crippen LogP contribution in [0.3, 0.4) is 0 Å². The van der Waals surface area contributed by atoms with Crippen LogP contribution in [0.25, 0.3) is 0 Å². The number of carbonyl (C=O) groups excluding carboxylic acids is 4. The molecule has 0 spiro atoms. The maximum absolute atomic E-state index is 14.4. The highest BCUT2D eigenvalue weighted by Crippen LogP contribution is 2.53. The largest absolute Gasteiger partial charge is 0.452 e. The highest BCUT2D eigenvalue weighted by Gasteiger charge is 2.41. The van der Waals surface area contributed by atoms with E-state index in [2.05, 4.69) is 32.2 Å². The van der Waals surface area contributed by atoms with E-state index in [0.29, 0.717) is 11.5 Å². The summed E-state index contributed by atoms with van der Waals surface area (Å²) < 4.78 is 27.5. The number of para-hydroxylation sites is 2. The Balaban J connectivity index is 1.76. The molecule has 1 aromatic heterocycles. The topological polar surface area (TPSA) is 197 Å². The van der Waals surface area contributed by atoms with Gasteiger partial charge < -0.3 is 30.7 Å². The van der Waals surface area contributed by atoms with Gasteiger partial charge in [0.05, 0.1) is 6.20 Å². The molecule has 0 saturated heterocycles. The molecular weight excluding hydrogens is 613 g/mol. The first kappa shape index (κ1) is 35.3. The third kappa shape index (κ3) is 9.93. The highest BCUT2D eigenvalue weighted by molar-refractivity contribution is 7.55. The van der Waals surface area contributed by atoms with Crippen LogP contribution in [0.4, 0.5) is 0 Å². The molecule has 5 N–H and O–H groups in total. The summed E-state index contributed by atoms with van der Waals surface area (Å²) in [5, 5.41) is 15.4. The maximum Gasteiger partial charge on any atom is 0.452 e. The third-order valence-corrected chi connectivity index (χ3v) is 8.61. The summed E-state index contributed by atoms with van der Waals surface area (Å²) in [5.74, 6) is -1.11. The number of primary amides is 1. The number of nitrogens with zero attached hydrogens (tertiary/aromatic N) is 3. The Morgan fingerprint density at radius 3 is 1.98 bits per heavy atom. The van der Waals surface area contributed by atoms with Crippen molar-refractivity contribution in [3.05, 3.63) is 72.6 Å². The second-order valence-corrected chi connectivity index (χ2v) is 12.9. The fourth-order valence-corrected chi connectivity index (χ4v) is 6.15. The molecule has 0 bridgehead atoms. The van der Waals surface area contributed by atoms with Gasteiger partial charge in [-0.15, -0.1) is 17.4 Å². The van der Waals surface area contributed by atoms with Crippen LogP contribution in [0, 0.1) is 18.3 Å². The van der Waals surface area contributed by atoms with E-state index >= 15 is 0 Å². The minimum absolute atomic E-state index is 0.0271. The van der Waals surface area contributed by atoms with Crippen LogP contribution in [0.15, 0.2) is 66.9 Å². The Bertz CT molecular complexity index is 1550. The fourth-order valence-electron chi connectivity index (χ4n) is 4.07. The molecule has 14 nitrogen and oxygen atoms in total.